The van der Waals surface area contributed by atoms with Crippen LogP contribution in [-0.2, 0) is 4.74 Å². The standard InChI is InChI=1S/C18H19N5O3/c1-12-16(23-9-4-8-20-18(23)21-12)17(24)22-13-11-25-10-6-14(13)26-15-5-2-3-7-19-15/h2-5,7-9,13-14H,6,10-11H2,1H3,(H,22,24)/t13-,14-/m1/s1. The summed E-state index contributed by atoms with van der Waals surface area (Å²) in [6, 6.07) is 6.98. The number of amides is 1. The van der Waals surface area contributed by atoms with Gasteiger partial charge in [0.15, 0.2) is 0 Å². The molecule has 1 aliphatic heterocycles. The fourth-order valence-electron chi connectivity index (χ4n) is 3.07. The number of rotatable bonds is 4. The van der Waals surface area contributed by atoms with Crippen LogP contribution in [0.4, 0.5) is 0 Å². The number of hydrogen-bond acceptors (Lipinski definition) is 6. The Morgan fingerprint density at radius 3 is 3.04 bits per heavy atom. The molecule has 1 amide bonds. The lowest BCUT2D eigenvalue weighted by molar-refractivity contribution is -0.00457. The van der Waals surface area contributed by atoms with Crippen molar-refractivity contribution < 1.29 is 14.3 Å². The van der Waals surface area contributed by atoms with Crippen LogP contribution in [0.3, 0.4) is 0 Å². The van der Waals surface area contributed by atoms with Crippen LogP contribution in [0.15, 0.2) is 42.9 Å². The zero-order valence-electron chi connectivity index (χ0n) is 14.3. The number of imidazole rings is 1. The minimum absolute atomic E-state index is 0.208. The summed E-state index contributed by atoms with van der Waals surface area (Å²) in [7, 11) is 0. The highest BCUT2D eigenvalue weighted by atomic mass is 16.5. The van der Waals surface area contributed by atoms with E-state index in [0.29, 0.717) is 42.7 Å². The summed E-state index contributed by atoms with van der Waals surface area (Å²) in [6.07, 6.45) is 5.57. The quantitative estimate of drug-likeness (QED) is 0.762. The van der Waals surface area contributed by atoms with E-state index in [-0.39, 0.29) is 18.1 Å². The molecule has 1 N–H and O–H groups in total. The molecule has 0 bridgehead atoms. The maximum Gasteiger partial charge on any atom is 0.270 e. The molecule has 3 aromatic rings. The Balaban J connectivity index is 1.54. The lowest BCUT2D eigenvalue weighted by Crippen LogP contribution is -2.52. The first-order valence-electron chi connectivity index (χ1n) is 8.48. The highest BCUT2D eigenvalue weighted by Gasteiger charge is 2.31. The van der Waals surface area contributed by atoms with E-state index in [1.807, 2.05) is 12.1 Å². The van der Waals surface area contributed by atoms with Gasteiger partial charge in [-0.1, -0.05) is 6.07 Å². The van der Waals surface area contributed by atoms with Crippen LogP contribution in [-0.4, -0.2) is 50.6 Å². The van der Waals surface area contributed by atoms with E-state index < -0.39 is 0 Å². The fraction of sp³-hybridized carbons (Fsp3) is 0.333. The lowest BCUT2D eigenvalue weighted by atomic mass is 10.1. The van der Waals surface area contributed by atoms with Crippen molar-refractivity contribution in [3.63, 3.8) is 0 Å². The third-order valence-corrected chi connectivity index (χ3v) is 4.31. The van der Waals surface area contributed by atoms with Crippen LogP contribution in [0.2, 0.25) is 0 Å². The van der Waals surface area contributed by atoms with Gasteiger partial charge in [-0.3, -0.25) is 9.20 Å². The third kappa shape index (κ3) is 3.23. The van der Waals surface area contributed by atoms with E-state index in [1.54, 1.807) is 42.0 Å². The van der Waals surface area contributed by atoms with E-state index in [1.165, 1.54) is 0 Å². The van der Waals surface area contributed by atoms with Crippen molar-refractivity contribution in [2.45, 2.75) is 25.5 Å². The van der Waals surface area contributed by atoms with Crippen molar-refractivity contribution >= 4 is 11.7 Å². The predicted octanol–water partition coefficient (Wildman–Crippen LogP) is 1.40. The molecule has 134 valence electrons. The monoisotopic (exact) mass is 353 g/mol. The number of hydrogen-bond donors (Lipinski definition) is 1. The smallest absolute Gasteiger partial charge is 0.270 e. The van der Waals surface area contributed by atoms with Crippen molar-refractivity contribution in [2.75, 3.05) is 13.2 Å². The molecular weight excluding hydrogens is 334 g/mol. The number of aryl methyl sites for hydroxylation is 1. The minimum atomic E-state index is -0.278. The number of nitrogens with one attached hydrogen (secondary N) is 1. The van der Waals surface area contributed by atoms with Crippen LogP contribution in [0.1, 0.15) is 22.6 Å². The number of pyridine rings is 1. The van der Waals surface area contributed by atoms with Gasteiger partial charge in [-0.2, -0.15) is 0 Å². The van der Waals surface area contributed by atoms with Crippen molar-refractivity contribution in [1.82, 2.24) is 24.7 Å². The van der Waals surface area contributed by atoms with Crippen LogP contribution in [0, 0.1) is 6.92 Å². The molecule has 1 aliphatic rings. The highest BCUT2D eigenvalue weighted by molar-refractivity contribution is 5.94. The zero-order chi connectivity index (χ0) is 17.9. The van der Waals surface area contributed by atoms with E-state index in [4.69, 9.17) is 9.47 Å². The molecular formula is C18H19N5O3. The van der Waals surface area contributed by atoms with Gasteiger partial charge in [-0.05, 0) is 19.1 Å². The largest absolute Gasteiger partial charge is 0.472 e. The van der Waals surface area contributed by atoms with Gasteiger partial charge in [0.2, 0.25) is 11.7 Å². The molecule has 3 aromatic heterocycles. The third-order valence-electron chi connectivity index (χ3n) is 4.31. The predicted molar refractivity (Wildman–Crippen MR) is 93.1 cm³/mol. The van der Waals surface area contributed by atoms with E-state index >= 15 is 0 Å². The first-order chi connectivity index (χ1) is 12.7. The molecule has 0 aromatic carbocycles. The van der Waals surface area contributed by atoms with Crippen LogP contribution >= 0.6 is 0 Å². The van der Waals surface area contributed by atoms with Gasteiger partial charge >= 0.3 is 0 Å². The number of nitrogens with zero attached hydrogens (tertiary/aromatic N) is 4. The Labute approximate surface area is 150 Å². The summed E-state index contributed by atoms with van der Waals surface area (Å²) >= 11 is 0. The van der Waals surface area contributed by atoms with E-state index in [2.05, 4.69) is 20.3 Å². The topological polar surface area (TPSA) is 90.6 Å². The molecule has 4 heterocycles. The van der Waals surface area contributed by atoms with Crippen LogP contribution in [0.25, 0.3) is 5.78 Å². The van der Waals surface area contributed by atoms with Gasteiger partial charge in [0.05, 0.1) is 24.9 Å². The van der Waals surface area contributed by atoms with Crippen molar-refractivity contribution in [3.8, 4) is 5.88 Å². The molecule has 0 radical (unpaired) electrons. The number of carbonyl (C=O) groups excluding carboxylic acids is 1. The summed E-state index contributed by atoms with van der Waals surface area (Å²) in [5.74, 6) is 0.804. The van der Waals surface area contributed by atoms with Gasteiger partial charge in [-0.25, -0.2) is 15.0 Å². The van der Waals surface area contributed by atoms with Gasteiger partial charge in [0.1, 0.15) is 11.8 Å². The van der Waals surface area contributed by atoms with Gasteiger partial charge in [-0.15, -0.1) is 0 Å². The molecule has 4 rings (SSSR count). The number of carbonyl (C=O) groups is 1. The summed E-state index contributed by atoms with van der Waals surface area (Å²) < 4.78 is 13.2. The normalized spacial score (nSPS) is 20.0. The molecule has 26 heavy (non-hydrogen) atoms. The Hall–Kier alpha value is -3.00. The first-order valence-corrected chi connectivity index (χ1v) is 8.48. The summed E-state index contributed by atoms with van der Waals surface area (Å²) in [6.45, 7) is 2.77. The molecule has 0 unspecified atom stereocenters. The minimum Gasteiger partial charge on any atom is -0.472 e. The summed E-state index contributed by atoms with van der Waals surface area (Å²) in [5, 5.41) is 3.02. The van der Waals surface area contributed by atoms with Crippen molar-refractivity contribution in [1.29, 1.82) is 0 Å². The average Bonchev–Trinajstić information content (AvgIpc) is 3.00. The number of fused-ring (bicyclic) bond motifs is 1. The Bertz CT molecular complexity index is 912. The summed E-state index contributed by atoms with van der Waals surface area (Å²) in [4.78, 5) is 25.6. The molecule has 8 heteroatoms. The second-order valence-corrected chi connectivity index (χ2v) is 6.10. The maximum absolute atomic E-state index is 12.9. The second-order valence-electron chi connectivity index (χ2n) is 6.10. The maximum atomic E-state index is 12.9. The molecule has 1 fully saturated rings. The summed E-state index contributed by atoms with van der Waals surface area (Å²) in [5.41, 5.74) is 1.09. The number of ether oxygens (including phenoxy) is 2. The molecule has 0 spiro atoms. The Morgan fingerprint density at radius 1 is 1.31 bits per heavy atom. The lowest BCUT2D eigenvalue weighted by Gasteiger charge is -2.32. The molecule has 0 aliphatic carbocycles. The first kappa shape index (κ1) is 16.5. The van der Waals surface area contributed by atoms with Crippen LogP contribution < -0.4 is 10.1 Å². The molecule has 0 saturated carbocycles. The van der Waals surface area contributed by atoms with Gasteiger partial charge in [0.25, 0.3) is 5.91 Å². The number of aromatic nitrogens is 4. The van der Waals surface area contributed by atoms with Crippen molar-refractivity contribution in [3.05, 3.63) is 54.2 Å². The van der Waals surface area contributed by atoms with Gasteiger partial charge in [0, 0.05) is 31.1 Å². The highest BCUT2D eigenvalue weighted by Crippen LogP contribution is 2.17. The molecule has 8 nitrogen and oxygen atoms in total. The van der Waals surface area contributed by atoms with Crippen molar-refractivity contribution in [2.24, 2.45) is 0 Å². The molecule has 2 atom stereocenters. The van der Waals surface area contributed by atoms with E-state index in [0.717, 1.165) is 0 Å². The molecule has 1 saturated heterocycles. The fourth-order valence-corrected chi connectivity index (χ4v) is 3.07. The zero-order valence-corrected chi connectivity index (χ0v) is 14.3. The van der Waals surface area contributed by atoms with Crippen LogP contribution in [0.5, 0.6) is 5.88 Å². The van der Waals surface area contributed by atoms with E-state index in [9.17, 15) is 4.79 Å². The SMILES string of the molecule is Cc1nc2ncccn2c1C(=O)N[C@@H]1COCC[C@H]1Oc1ccccn1. The second kappa shape index (κ2) is 7.09. The Morgan fingerprint density at radius 2 is 2.19 bits per heavy atom. The Kier molecular flexibility index (Phi) is 4.49. The average molecular weight is 353 g/mol. The van der Waals surface area contributed by atoms with Gasteiger partial charge < -0.3 is 14.8 Å².